The SMILES string of the molecule is FCCc1ccc(NCc2cn(C3CC3)cn2)cc1. The number of imidazole rings is 1. The molecule has 0 aliphatic heterocycles. The maximum absolute atomic E-state index is 12.2. The van der Waals surface area contributed by atoms with E-state index in [9.17, 15) is 4.39 Å². The largest absolute Gasteiger partial charge is 0.379 e. The van der Waals surface area contributed by atoms with Crippen LogP contribution in [0.5, 0.6) is 0 Å². The number of hydrogen-bond donors (Lipinski definition) is 1. The molecule has 3 rings (SSSR count). The highest BCUT2D eigenvalue weighted by atomic mass is 19.1. The zero-order valence-corrected chi connectivity index (χ0v) is 10.8. The Bertz CT molecular complexity index is 529. The van der Waals surface area contributed by atoms with Crippen molar-refractivity contribution in [3.8, 4) is 0 Å². The van der Waals surface area contributed by atoms with Crippen molar-refractivity contribution >= 4 is 5.69 Å². The van der Waals surface area contributed by atoms with Gasteiger partial charge in [0, 0.05) is 24.3 Å². The summed E-state index contributed by atoms with van der Waals surface area (Å²) in [6, 6.07) is 8.59. The van der Waals surface area contributed by atoms with Gasteiger partial charge in [-0.3, -0.25) is 4.39 Å². The van der Waals surface area contributed by atoms with E-state index in [4.69, 9.17) is 0 Å². The Labute approximate surface area is 112 Å². The third-order valence-electron chi connectivity index (χ3n) is 3.43. The predicted molar refractivity (Wildman–Crippen MR) is 73.9 cm³/mol. The van der Waals surface area contributed by atoms with Gasteiger partial charge in [0.2, 0.25) is 0 Å². The van der Waals surface area contributed by atoms with E-state index in [2.05, 4.69) is 21.1 Å². The summed E-state index contributed by atoms with van der Waals surface area (Å²) in [4.78, 5) is 4.39. The van der Waals surface area contributed by atoms with Gasteiger partial charge in [0.1, 0.15) is 0 Å². The summed E-state index contributed by atoms with van der Waals surface area (Å²) in [6.07, 6.45) is 7.08. The molecule has 0 amide bonds. The van der Waals surface area contributed by atoms with Gasteiger partial charge in [0.05, 0.1) is 25.2 Å². The highest BCUT2D eigenvalue weighted by Gasteiger charge is 2.23. The van der Waals surface area contributed by atoms with E-state index in [1.807, 2.05) is 30.6 Å². The smallest absolute Gasteiger partial charge is 0.0952 e. The van der Waals surface area contributed by atoms with Crippen LogP contribution in [0.3, 0.4) is 0 Å². The van der Waals surface area contributed by atoms with Crippen molar-refractivity contribution in [3.63, 3.8) is 0 Å². The van der Waals surface area contributed by atoms with E-state index in [1.54, 1.807) is 0 Å². The molecular formula is C15H18FN3. The van der Waals surface area contributed by atoms with E-state index in [1.165, 1.54) is 12.8 Å². The number of halogens is 1. The van der Waals surface area contributed by atoms with Crippen molar-refractivity contribution in [2.24, 2.45) is 0 Å². The van der Waals surface area contributed by atoms with E-state index in [0.29, 0.717) is 12.5 Å². The van der Waals surface area contributed by atoms with E-state index >= 15 is 0 Å². The first kappa shape index (κ1) is 12.2. The molecule has 0 unspecified atom stereocenters. The molecule has 1 fully saturated rings. The molecule has 0 bridgehead atoms. The van der Waals surface area contributed by atoms with Gasteiger partial charge < -0.3 is 9.88 Å². The van der Waals surface area contributed by atoms with Gasteiger partial charge in [0.25, 0.3) is 0 Å². The Morgan fingerprint density at radius 1 is 1.26 bits per heavy atom. The van der Waals surface area contributed by atoms with Crippen LogP contribution >= 0.6 is 0 Å². The lowest BCUT2D eigenvalue weighted by Gasteiger charge is -2.05. The summed E-state index contributed by atoms with van der Waals surface area (Å²) in [5.41, 5.74) is 3.13. The van der Waals surface area contributed by atoms with Crippen LogP contribution < -0.4 is 5.32 Å². The molecule has 1 N–H and O–H groups in total. The fourth-order valence-corrected chi connectivity index (χ4v) is 2.13. The van der Waals surface area contributed by atoms with Crippen LogP contribution in [0.4, 0.5) is 10.1 Å². The van der Waals surface area contributed by atoms with E-state index in [-0.39, 0.29) is 6.67 Å². The van der Waals surface area contributed by atoms with Crippen LogP contribution in [0.15, 0.2) is 36.8 Å². The maximum Gasteiger partial charge on any atom is 0.0952 e. The van der Waals surface area contributed by atoms with Gasteiger partial charge in [-0.1, -0.05) is 12.1 Å². The molecular weight excluding hydrogens is 241 g/mol. The Morgan fingerprint density at radius 3 is 2.74 bits per heavy atom. The van der Waals surface area contributed by atoms with Crippen molar-refractivity contribution in [1.82, 2.24) is 9.55 Å². The number of aryl methyl sites for hydroxylation is 1. The van der Waals surface area contributed by atoms with E-state index < -0.39 is 0 Å². The minimum atomic E-state index is -0.300. The molecule has 0 atom stereocenters. The third kappa shape index (κ3) is 3.13. The van der Waals surface area contributed by atoms with Crippen LogP contribution in [0.2, 0.25) is 0 Å². The van der Waals surface area contributed by atoms with Gasteiger partial charge in [0.15, 0.2) is 0 Å². The summed E-state index contributed by atoms with van der Waals surface area (Å²) in [6.45, 7) is 0.424. The van der Waals surface area contributed by atoms with Crippen molar-refractivity contribution in [2.45, 2.75) is 31.8 Å². The number of benzene rings is 1. The lowest BCUT2D eigenvalue weighted by atomic mass is 10.1. The molecule has 1 aliphatic carbocycles. The first-order valence-electron chi connectivity index (χ1n) is 6.76. The minimum Gasteiger partial charge on any atom is -0.379 e. The zero-order valence-electron chi connectivity index (χ0n) is 10.8. The van der Waals surface area contributed by atoms with Crippen molar-refractivity contribution in [2.75, 3.05) is 12.0 Å². The molecule has 1 heterocycles. The average molecular weight is 259 g/mol. The fourth-order valence-electron chi connectivity index (χ4n) is 2.13. The number of anilines is 1. The van der Waals surface area contributed by atoms with Gasteiger partial charge in [-0.05, 0) is 30.5 Å². The average Bonchev–Trinajstić information content (AvgIpc) is 3.18. The molecule has 4 heteroatoms. The predicted octanol–water partition coefficient (Wildman–Crippen LogP) is 3.34. The monoisotopic (exact) mass is 259 g/mol. The fraction of sp³-hybridized carbons (Fsp3) is 0.400. The molecule has 1 aromatic heterocycles. The lowest BCUT2D eigenvalue weighted by Crippen LogP contribution is -2.00. The van der Waals surface area contributed by atoms with Gasteiger partial charge >= 0.3 is 0 Å². The first-order chi connectivity index (χ1) is 9.35. The number of nitrogens with zero attached hydrogens (tertiary/aromatic N) is 2. The number of aromatic nitrogens is 2. The standard InChI is InChI=1S/C15H18FN3/c16-8-7-12-1-3-13(4-2-12)17-9-14-10-19(11-18-14)15-5-6-15/h1-4,10-11,15,17H,5-9H2. The van der Waals surface area contributed by atoms with Crippen molar-refractivity contribution in [1.29, 1.82) is 0 Å². The number of alkyl halides is 1. The van der Waals surface area contributed by atoms with E-state index in [0.717, 1.165) is 23.5 Å². The van der Waals surface area contributed by atoms with Crippen molar-refractivity contribution in [3.05, 3.63) is 48.0 Å². The zero-order chi connectivity index (χ0) is 13.1. The molecule has 0 radical (unpaired) electrons. The highest BCUT2D eigenvalue weighted by Crippen LogP contribution is 2.34. The van der Waals surface area contributed by atoms with Crippen LogP contribution in [-0.4, -0.2) is 16.2 Å². The molecule has 0 saturated heterocycles. The second-order valence-electron chi connectivity index (χ2n) is 5.03. The van der Waals surface area contributed by atoms with Crippen molar-refractivity contribution < 1.29 is 4.39 Å². The topological polar surface area (TPSA) is 29.9 Å². The first-order valence-corrected chi connectivity index (χ1v) is 6.76. The normalized spacial score (nSPS) is 14.6. The summed E-state index contributed by atoms with van der Waals surface area (Å²) in [7, 11) is 0. The molecule has 100 valence electrons. The Hall–Kier alpha value is -1.84. The number of hydrogen-bond acceptors (Lipinski definition) is 2. The molecule has 0 spiro atoms. The molecule has 1 aliphatic rings. The summed E-state index contributed by atoms with van der Waals surface area (Å²) in [5, 5.41) is 3.33. The molecule has 1 aromatic carbocycles. The minimum absolute atomic E-state index is 0.300. The quantitative estimate of drug-likeness (QED) is 0.862. The highest BCUT2D eigenvalue weighted by molar-refractivity contribution is 5.44. The Balaban J connectivity index is 1.55. The second-order valence-corrected chi connectivity index (χ2v) is 5.03. The second kappa shape index (κ2) is 5.43. The summed E-state index contributed by atoms with van der Waals surface area (Å²) < 4.78 is 14.4. The summed E-state index contributed by atoms with van der Waals surface area (Å²) in [5.74, 6) is 0. The Morgan fingerprint density at radius 2 is 2.05 bits per heavy atom. The van der Waals surface area contributed by atoms with Crippen LogP contribution in [0.25, 0.3) is 0 Å². The molecule has 2 aromatic rings. The molecule has 19 heavy (non-hydrogen) atoms. The molecule has 1 saturated carbocycles. The van der Waals surface area contributed by atoms with Crippen LogP contribution in [-0.2, 0) is 13.0 Å². The van der Waals surface area contributed by atoms with Gasteiger partial charge in [-0.25, -0.2) is 4.98 Å². The van der Waals surface area contributed by atoms with Gasteiger partial charge in [-0.2, -0.15) is 0 Å². The van der Waals surface area contributed by atoms with Crippen LogP contribution in [0, 0.1) is 0 Å². The number of rotatable bonds is 6. The number of nitrogens with one attached hydrogen (secondary N) is 1. The van der Waals surface area contributed by atoms with Crippen LogP contribution in [0.1, 0.15) is 30.1 Å². The molecule has 3 nitrogen and oxygen atoms in total. The maximum atomic E-state index is 12.2. The van der Waals surface area contributed by atoms with Gasteiger partial charge in [-0.15, -0.1) is 0 Å². The Kier molecular flexibility index (Phi) is 3.49. The third-order valence-corrected chi connectivity index (χ3v) is 3.43. The lowest BCUT2D eigenvalue weighted by molar-refractivity contribution is 0.495. The summed E-state index contributed by atoms with van der Waals surface area (Å²) >= 11 is 0.